The first kappa shape index (κ1) is 21.9. The molecule has 1 atom stereocenters. The van der Waals surface area contributed by atoms with Crippen molar-refractivity contribution in [3.8, 4) is 0 Å². The van der Waals surface area contributed by atoms with Gasteiger partial charge in [-0.1, -0.05) is 13.3 Å². The maximum absolute atomic E-state index is 12.0. The lowest BCUT2D eigenvalue weighted by Crippen LogP contribution is -2.34. The summed E-state index contributed by atoms with van der Waals surface area (Å²) in [5.74, 6) is -3.62. The largest absolute Gasteiger partial charge is 0.481 e. The molecule has 0 aliphatic rings. The molecule has 0 radical (unpaired) electrons. The molecule has 0 spiro atoms. The highest BCUT2D eigenvalue weighted by molar-refractivity contribution is 5.85. The van der Waals surface area contributed by atoms with Crippen LogP contribution in [-0.2, 0) is 33.4 Å². The third kappa shape index (κ3) is 11.4. The molecule has 0 fully saturated rings. The fourth-order valence-electron chi connectivity index (χ4n) is 1.54. The van der Waals surface area contributed by atoms with E-state index in [9.17, 15) is 19.2 Å². The zero-order chi connectivity index (χ0) is 18.8. The number of carbonyl (C=O) groups excluding carboxylic acids is 3. The summed E-state index contributed by atoms with van der Waals surface area (Å²) in [6.45, 7) is 7.06. The van der Waals surface area contributed by atoms with E-state index in [2.05, 4.69) is 0 Å². The minimum Gasteiger partial charge on any atom is -0.481 e. The minimum atomic E-state index is -1.45. The van der Waals surface area contributed by atoms with Gasteiger partial charge in [0.05, 0.1) is 25.9 Å². The third-order valence-corrected chi connectivity index (χ3v) is 2.59. The number of unbranched alkanes of at least 4 members (excludes halogenated alkanes) is 1. The molecule has 138 valence electrons. The molecule has 0 aliphatic heterocycles. The number of ether oxygens (including phenoxy) is 3. The van der Waals surface area contributed by atoms with Crippen molar-refractivity contribution >= 4 is 23.9 Å². The molecule has 24 heavy (non-hydrogen) atoms. The average Bonchev–Trinajstić information content (AvgIpc) is 2.42. The van der Waals surface area contributed by atoms with Crippen LogP contribution in [0.3, 0.4) is 0 Å². The summed E-state index contributed by atoms with van der Waals surface area (Å²) in [6, 6.07) is 0. The topological polar surface area (TPSA) is 116 Å². The van der Waals surface area contributed by atoms with E-state index in [0.29, 0.717) is 6.42 Å². The van der Waals surface area contributed by atoms with Gasteiger partial charge in [0.25, 0.3) is 0 Å². The zero-order valence-electron chi connectivity index (χ0n) is 14.6. The van der Waals surface area contributed by atoms with Crippen LogP contribution in [0.2, 0.25) is 0 Å². The molecule has 0 rings (SSSR count). The zero-order valence-corrected chi connectivity index (χ0v) is 14.6. The van der Waals surface area contributed by atoms with Crippen molar-refractivity contribution in [3.63, 3.8) is 0 Å². The van der Waals surface area contributed by atoms with Crippen LogP contribution in [0.5, 0.6) is 0 Å². The molecular weight excluding hydrogens is 320 g/mol. The summed E-state index contributed by atoms with van der Waals surface area (Å²) >= 11 is 0. The molecule has 0 saturated heterocycles. The molecule has 8 nitrogen and oxygen atoms in total. The first-order chi connectivity index (χ1) is 11.0. The van der Waals surface area contributed by atoms with E-state index in [1.54, 1.807) is 20.8 Å². The number of hydrogen-bond acceptors (Lipinski definition) is 7. The maximum Gasteiger partial charge on any atom is 0.348 e. The Labute approximate surface area is 141 Å². The molecule has 0 saturated carbocycles. The van der Waals surface area contributed by atoms with Crippen molar-refractivity contribution in [2.75, 3.05) is 6.61 Å². The van der Waals surface area contributed by atoms with Gasteiger partial charge in [0, 0.05) is 0 Å². The number of carboxylic acids is 1. The molecule has 0 unspecified atom stereocenters. The summed E-state index contributed by atoms with van der Waals surface area (Å²) in [4.78, 5) is 45.9. The Morgan fingerprint density at radius 3 is 2.17 bits per heavy atom. The second kappa shape index (κ2) is 10.6. The molecule has 0 aromatic carbocycles. The van der Waals surface area contributed by atoms with Gasteiger partial charge in [-0.15, -0.1) is 0 Å². The van der Waals surface area contributed by atoms with Crippen molar-refractivity contribution in [2.24, 2.45) is 0 Å². The lowest BCUT2D eigenvalue weighted by Gasteiger charge is -2.21. The number of carboxylic acid groups (broad SMARTS) is 1. The van der Waals surface area contributed by atoms with Gasteiger partial charge in [-0.05, 0) is 27.2 Å². The van der Waals surface area contributed by atoms with Crippen LogP contribution < -0.4 is 0 Å². The van der Waals surface area contributed by atoms with Crippen LogP contribution in [0.1, 0.15) is 59.8 Å². The van der Waals surface area contributed by atoms with Crippen LogP contribution in [0.15, 0.2) is 0 Å². The minimum absolute atomic E-state index is 0.146. The molecule has 8 heteroatoms. The van der Waals surface area contributed by atoms with Gasteiger partial charge in [-0.25, -0.2) is 4.79 Å². The third-order valence-electron chi connectivity index (χ3n) is 2.59. The molecule has 1 N–H and O–H groups in total. The molecule has 0 aromatic rings. The Morgan fingerprint density at radius 1 is 1.04 bits per heavy atom. The van der Waals surface area contributed by atoms with Crippen molar-refractivity contribution in [1.82, 2.24) is 0 Å². The molecule has 0 amide bonds. The van der Waals surface area contributed by atoms with Crippen molar-refractivity contribution in [3.05, 3.63) is 0 Å². The summed E-state index contributed by atoms with van der Waals surface area (Å²) in [7, 11) is 0. The highest BCUT2D eigenvalue weighted by Gasteiger charge is 2.30. The van der Waals surface area contributed by atoms with E-state index in [-0.39, 0.29) is 6.61 Å². The second-order valence-corrected chi connectivity index (χ2v) is 6.18. The summed E-state index contributed by atoms with van der Waals surface area (Å²) in [5, 5.41) is 8.55. The van der Waals surface area contributed by atoms with Gasteiger partial charge in [0.1, 0.15) is 5.60 Å². The smallest absolute Gasteiger partial charge is 0.348 e. The molecule has 0 aliphatic carbocycles. The van der Waals surface area contributed by atoms with E-state index < -0.39 is 54.8 Å². The highest BCUT2D eigenvalue weighted by atomic mass is 16.6. The van der Waals surface area contributed by atoms with Gasteiger partial charge in [0.2, 0.25) is 6.10 Å². The van der Waals surface area contributed by atoms with Crippen LogP contribution >= 0.6 is 0 Å². The van der Waals surface area contributed by atoms with Gasteiger partial charge in [0.15, 0.2) is 0 Å². The highest BCUT2D eigenvalue weighted by Crippen LogP contribution is 2.12. The Bertz CT molecular complexity index is 449. The quantitative estimate of drug-likeness (QED) is 0.362. The van der Waals surface area contributed by atoms with Crippen LogP contribution in [0, 0.1) is 0 Å². The number of carbonyl (C=O) groups is 4. The second-order valence-electron chi connectivity index (χ2n) is 6.18. The monoisotopic (exact) mass is 346 g/mol. The maximum atomic E-state index is 12.0. The van der Waals surface area contributed by atoms with Gasteiger partial charge in [-0.2, -0.15) is 0 Å². The van der Waals surface area contributed by atoms with Crippen molar-refractivity contribution in [1.29, 1.82) is 0 Å². The number of hydrogen-bond donors (Lipinski definition) is 1. The average molecular weight is 346 g/mol. The van der Waals surface area contributed by atoms with E-state index >= 15 is 0 Å². The van der Waals surface area contributed by atoms with Gasteiger partial charge >= 0.3 is 23.9 Å². The molecule has 0 bridgehead atoms. The Kier molecular flexibility index (Phi) is 9.68. The lowest BCUT2D eigenvalue weighted by molar-refractivity contribution is -0.175. The SMILES string of the molecule is CCCCOC(=O)[C@H](CC(=O)OC(C)(C)C)OC(=O)CCC(=O)O. The molecule has 0 aromatic heterocycles. The first-order valence-electron chi connectivity index (χ1n) is 7.85. The van der Waals surface area contributed by atoms with Crippen molar-refractivity contribution < 1.29 is 38.5 Å². The van der Waals surface area contributed by atoms with E-state index in [1.165, 1.54) is 0 Å². The summed E-state index contributed by atoms with van der Waals surface area (Å²) < 4.78 is 15.0. The van der Waals surface area contributed by atoms with E-state index in [1.807, 2.05) is 6.92 Å². The fourth-order valence-corrected chi connectivity index (χ4v) is 1.54. The summed E-state index contributed by atoms with van der Waals surface area (Å²) in [5.41, 5.74) is -0.749. The number of rotatable bonds is 10. The summed E-state index contributed by atoms with van der Waals surface area (Å²) in [6.07, 6.45) is -1.31. The predicted molar refractivity (Wildman–Crippen MR) is 83.1 cm³/mol. The van der Waals surface area contributed by atoms with Crippen LogP contribution in [0.4, 0.5) is 0 Å². The van der Waals surface area contributed by atoms with Gasteiger partial charge in [-0.3, -0.25) is 14.4 Å². The van der Waals surface area contributed by atoms with Crippen LogP contribution in [0.25, 0.3) is 0 Å². The molecule has 0 heterocycles. The van der Waals surface area contributed by atoms with E-state index in [4.69, 9.17) is 19.3 Å². The Balaban J connectivity index is 4.75. The first-order valence-corrected chi connectivity index (χ1v) is 7.85. The Morgan fingerprint density at radius 2 is 1.67 bits per heavy atom. The van der Waals surface area contributed by atoms with Crippen LogP contribution in [-0.4, -0.2) is 47.3 Å². The number of esters is 3. The van der Waals surface area contributed by atoms with Gasteiger partial charge < -0.3 is 19.3 Å². The van der Waals surface area contributed by atoms with E-state index in [0.717, 1.165) is 6.42 Å². The standard InChI is InChI=1S/C16H26O8/c1-5-6-9-22-15(21)11(10-14(20)24-16(2,3)4)23-13(19)8-7-12(17)18/h11H,5-10H2,1-4H3,(H,17,18)/t11-/m0/s1. The van der Waals surface area contributed by atoms with Crippen molar-refractivity contribution in [2.45, 2.75) is 71.5 Å². The molecular formula is C16H26O8. The fraction of sp³-hybridized carbons (Fsp3) is 0.750. The Hall–Kier alpha value is -2.12. The normalized spacial score (nSPS) is 12.2. The number of aliphatic carboxylic acids is 1. The lowest BCUT2D eigenvalue weighted by atomic mass is 10.2. The predicted octanol–water partition coefficient (Wildman–Crippen LogP) is 1.84.